The number of hydrogen-bond acceptors (Lipinski definition) is 2. The van der Waals surface area contributed by atoms with Gasteiger partial charge in [0.05, 0.1) is 6.61 Å². The van der Waals surface area contributed by atoms with Crippen molar-refractivity contribution >= 4 is 6.08 Å². The van der Waals surface area contributed by atoms with E-state index in [0.717, 1.165) is 11.1 Å². The molecule has 0 saturated heterocycles. The second-order valence-corrected chi connectivity index (χ2v) is 2.72. The smallest absolute Gasteiger partial charge is 0.0681 e. The predicted molar refractivity (Wildman–Crippen MR) is 55.4 cm³/mol. The zero-order chi connectivity index (χ0) is 10.2. The van der Waals surface area contributed by atoms with Crippen molar-refractivity contribution in [1.82, 2.24) is 0 Å². The summed E-state index contributed by atoms with van der Waals surface area (Å²) in [5.41, 5.74) is 9.94. The summed E-state index contributed by atoms with van der Waals surface area (Å²) in [6, 6.07) is 7.51. The number of aliphatic hydroxyl groups is 1. The largest absolute Gasteiger partial charge is 0.392 e. The van der Waals surface area contributed by atoms with Gasteiger partial charge in [-0.2, -0.15) is 0 Å². The van der Waals surface area contributed by atoms with Crippen LogP contribution in [0, 0.1) is 0 Å². The summed E-state index contributed by atoms with van der Waals surface area (Å²) in [5.74, 6) is 0. The van der Waals surface area contributed by atoms with E-state index < -0.39 is 0 Å². The maximum absolute atomic E-state index is 8.80. The molecule has 1 N–H and O–H groups in total. The number of azide groups is 1. The molecule has 0 aliphatic carbocycles. The Hall–Kier alpha value is -1.77. The van der Waals surface area contributed by atoms with Gasteiger partial charge in [-0.15, -0.1) is 0 Å². The minimum atomic E-state index is 0.0583. The first-order chi connectivity index (χ1) is 6.86. The van der Waals surface area contributed by atoms with Crippen molar-refractivity contribution in [2.75, 3.05) is 6.54 Å². The van der Waals surface area contributed by atoms with Crippen LogP contribution in [0.2, 0.25) is 0 Å². The Kier molecular flexibility index (Phi) is 4.27. The summed E-state index contributed by atoms with van der Waals surface area (Å²) >= 11 is 0. The van der Waals surface area contributed by atoms with Gasteiger partial charge >= 0.3 is 0 Å². The van der Waals surface area contributed by atoms with Crippen LogP contribution in [0.5, 0.6) is 0 Å². The van der Waals surface area contributed by atoms with Gasteiger partial charge in [-0.3, -0.25) is 0 Å². The molecule has 0 fully saturated rings. The van der Waals surface area contributed by atoms with Gasteiger partial charge in [-0.25, -0.2) is 0 Å². The Morgan fingerprint density at radius 2 is 2.07 bits per heavy atom. The third-order valence-corrected chi connectivity index (χ3v) is 1.72. The SMILES string of the molecule is [N-]=[N+]=NCC=Cc1ccc(CO)cc1. The topological polar surface area (TPSA) is 69.0 Å². The Morgan fingerprint density at radius 3 is 2.64 bits per heavy atom. The van der Waals surface area contributed by atoms with Crippen molar-refractivity contribution in [3.63, 3.8) is 0 Å². The molecule has 0 spiro atoms. The quantitative estimate of drug-likeness (QED) is 0.441. The van der Waals surface area contributed by atoms with E-state index >= 15 is 0 Å². The first kappa shape index (κ1) is 10.3. The number of rotatable bonds is 4. The molecule has 4 nitrogen and oxygen atoms in total. The average Bonchev–Trinajstić information content (AvgIpc) is 2.25. The minimum absolute atomic E-state index is 0.0583. The van der Waals surface area contributed by atoms with Crippen molar-refractivity contribution < 1.29 is 5.11 Å². The predicted octanol–water partition coefficient (Wildman–Crippen LogP) is 2.50. The first-order valence-corrected chi connectivity index (χ1v) is 4.24. The Labute approximate surface area is 82.1 Å². The number of nitrogens with zero attached hydrogens (tertiary/aromatic N) is 3. The Balaban J connectivity index is 2.59. The molecule has 0 unspecified atom stereocenters. The van der Waals surface area contributed by atoms with Gasteiger partial charge in [0.25, 0.3) is 0 Å². The molecule has 1 aromatic carbocycles. The molecular formula is C10H11N3O. The van der Waals surface area contributed by atoms with E-state index in [1.54, 1.807) is 6.08 Å². The average molecular weight is 189 g/mol. The summed E-state index contributed by atoms with van der Waals surface area (Å²) in [7, 11) is 0. The van der Waals surface area contributed by atoms with Crippen LogP contribution >= 0.6 is 0 Å². The van der Waals surface area contributed by atoms with Crippen LogP contribution in [-0.2, 0) is 6.61 Å². The van der Waals surface area contributed by atoms with E-state index in [2.05, 4.69) is 10.0 Å². The van der Waals surface area contributed by atoms with Crippen LogP contribution in [0.25, 0.3) is 16.5 Å². The highest BCUT2D eigenvalue weighted by atomic mass is 16.3. The molecule has 0 aromatic heterocycles. The Morgan fingerprint density at radius 1 is 1.36 bits per heavy atom. The van der Waals surface area contributed by atoms with E-state index in [1.807, 2.05) is 30.3 Å². The van der Waals surface area contributed by atoms with Crippen molar-refractivity contribution in [1.29, 1.82) is 0 Å². The summed E-state index contributed by atoms with van der Waals surface area (Å²) in [5, 5.41) is 12.2. The lowest BCUT2D eigenvalue weighted by molar-refractivity contribution is 0.282. The van der Waals surface area contributed by atoms with Crippen molar-refractivity contribution in [2.24, 2.45) is 5.11 Å². The van der Waals surface area contributed by atoms with Crippen molar-refractivity contribution in [2.45, 2.75) is 6.61 Å². The molecule has 72 valence electrons. The molecule has 0 heterocycles. The number of hydrogen-bond donors (Lipinski definition) is 1. The molecule has 0 atom stereocenters. The monoisotopic (exact) mass is 189 g/mol. The number of aliphatic hydroxyl groups excluding tert-OH is 1. The van der Waals surface area contributed by atoms with E-state index in [9.17, 15) is 0 Å². The van der Waals surface area contributed by atoms with Gasteiger partial charge in [0.15, 0.2) is 0 Å². The second-order valence-electron chi connectivity index (χ2n) is 2.72. The molecule has 0 amide bonds. The number of benzene rings is 1. The van der Waals surface area contributed by atoms with Gasteiger partial charge in [0, 0.05) is 11.5 Å². The van der Waals surface area contributed by atoms with Crippen LogP contribution in [0.1, 0.15) is 11.1 Å². The van der Waals surface area contributed by atoms with Gasteiger partial charge in [0.2, 0.25) is 0 Å². The fourth-order valence-corrected chi connectivity index (χ4v) is 1.01. The molecule has 4 heteroatoms. The fourth-order valence-electron chi connectivity index (χ4n) is 1.01. The van der Waals surface area contributed by atoms with Crippen LogP contribution in [-0.4, -0.2) is 11.7 Å². The van der Waals surface area contributed by atoms with Crippen LogP contribution in [0.15, 0.2) is 35.5 Å². The maximum Gasteiger partial charge on any atom is 0.0681 e. The zero-order valence-corrected chi connectivity index (χ0v) is 7.67. The highest BCUT2D eigenvalue weighted by Crippen LogP contribution is 2.05. The third kappa shape index (κ3) is 3.31. The minimum Gasteiger partial charge on any atom is -0.392 e. The van der Waals surface area contributed by atoms with Gasteiger partial charge in [-0.05, 0) is 16.7 Å². The lowest BCUT2D eigenvalue weighted by atomic mass is 10.1. The molecule has 14 heavy (non-hydrogen) atoms. The summed E-state index contributed by atoms with van der Waals surface area (Å²) in [6.45, 7) is 0.418. The van der Waals surface area contributed by atoms with E-state index in [1.165, 1.54) is 0 Å². The molecule has 0 radical (unpaired) electrons. The van der Waals surface area contributed by atoms with E-state index in [0.29, 0.717) is 6.54 Å². The van der Waals surface area contributed by atoms with Gasteiger partial charge < -0.3 is 5.11 Å². The van der Waals surface area contributed by atoms with Gasteiger partial charge in [-0.1, -0.05) is 41.5 Å². The standard InChI is InChI=1S/C10H11N3O/c11-13-12-7-1-2-9-3-5-10(8-14)6-4-9/h1-6,14H,7-8H2. The third-order valence-electron chi connectivity index (χ3n) is 1.72. The molecule has 0 aliphatic rings. The maximum atomic E-state index is 8.80. The second kappa shape index (κ2) is 5.80. The van der Waals surface area contributed by atoms with Crippen molar-refractivity contribution in [3.8, 4) is 0 Å². The molecular weight excluding hydrogens is 178 g/mol. The normalized spacial score (nSPS) is 10.1. The van der Waals surface area contributed by atoms with Crippen LogP contribution in [0.4, 0.5) is 0 Å². The highest BCUT2D eigenvalue weighted by Gasteiger charge is 1.88. The zero-order valence-electron chi connectivity index (χ0n) is 7.67. The Bertz CT molecular complexity index is 350. The van der Waals surface area contributed by atoms with Crippen LogP contribution in [0.3, 0.4) is 0 Å². The molecule has 0 saturated carbocycles. The molecule has 0 aliphatic heterocycles. The molecule has 0 bridgehead atoms. The molecule has 1 aromatic rings. The summed E-state index contributed by atoms with van der Waals surface area (Å²) in [4.78, 5) is 2.63. The lowest BCUT2D eigenvalue weighted by Gasteiger charge is -1.96. The molecule has 1 rings (SSSR count). The van der Waals surface area contributed by atoms with E-state index in [4.69, 9.17) is 10.6 Å². The van der Waals surface area contributed by atoms with Crippen LogP contribution < -0.4 is 0 Å². The summed E-state index contributed by atoms with van der Waals surface area (Å²) < 4.78 is 0. The van der Waals surface area contributed by atoms with Crippen molar-refractivity contribution in [3.05, 3.63) is 51.9 Å². The first-order valence-electron chi connectivity index (χ1n) is 4.24. The van der Waals surface area contributed by atoms with Gasteiger partial charge in [0.1, 0.15) is 0 Å². The lowest BCUT2D eigenvalue weighted by Crippen LogP contribution is -1.81. The highest BCUT2D eigenvalue weighted by molar-refractivity contribution is 5.49. The fraction of sp³-hybridized carbons (Fsp3) is 0.200. The van der Waals surface area contributed by atoms with E-state index in [-0.39, 0.29) is 6.61 Å². The summed E-state index contributed by atoms with van der Waals surface area (Å²) in [6.07, 6.45) is 3.66.